The summed E-state index contributed by atoms with van der Waals surface area (Å²) < 4.78 is 1.92. The Balaban J connectivity index is 1.62. The molecule has 1 aromatic heterocycles. The van der Waals surface area contributed by atoms with Crippen LogP contribution in [0.15, 0.2) is 23.5 Å². The lowest BCUT2D eigenvalue weighted by molar-refractivity contribution is -0.123. The molecule has 1 aromatic rings. The van der Waals surface area contributed by atoms with Gasteiger partial charge in [0.2, 0.25) is 5.91 Å². The van der Waals surface area contributed by atoms with Crippen molar-refractivity contribution < 1.29 is 4.79 Å². The number of nitrogens with one attached hydrogen (secondary N) is 2. The van der Waals surface area contributed by atoms with Crippen molar-refractivity contribution in [3.8, 4) is 0 Å². The normalized spacial score (nSPS) is 18.7. The van der Waals surface area contributed by atoms with Gasteiger partial charge in [0, 0.05) is 45.1 Å². The first-order chi connectivity index (χ1) is 12.7. The van der Waals surface area contributed by atoms with Crippen LogP contribution in [-0.4, -0.2) is 65.8 Å². The zero-order valence-corrected chi connectivity index (χ0v) is 15.9. The molecule has 0 saturated carbocycles. The summed E-state index contributed by atoms with van der Waals surface area (Å²) in [4.78, 5) is 18.3. The molecule has 8 heteroatoms. The van der Waals surface area contributed by atoms with Crippen molar-refractivity contribution in [1.29, 1.82) is 0 Å². The minimum absolute atomic E-state index is 0.0189. The molecule has 146 valence electrons. The van der Waals surface area contributed by atoms with E-state index in [-0.39, 0.29) is 11.8 Å². The van der Waals surface area contributed by atoms with Crippen molar-refractivity contribution >= 4 is 11.9 Å². The number of hydrogen-bond acceptors (Lipinski definition) is 4. The van der Waals surface area contributed by atoms with Gasteiger partial charge in [0.15, 0.2) is 5.96 Å². The van der Waals surface area contributed by atoms with E-state index in [0.717, 1.165) is 77.5 Å². The number of carbonyl (C=O) groups excluding carboxylic acids is 1. The first kappa shape index (κ1) is 20.2. The monoisotopic (exact) mass is 363 g/mol. The Morgan fingerprint density at radius 1 is 1.35 bits per heavy atom. The topological polar surface area (TPSA) is 101 Å². The van der Waals surface area contributed by atoms with Crippen LogP contribution in [0.3, 0.4) is 0 Å². The number of aryl methyl sites for hydroxylation is 1. The van der Waals surface area contributed by atoms with E-state index in [9.17, 15) is 4.79 Å². The summed E-state index contributed by atoms with van der Waals surface area (Å²) in [5, 5.41) is 10.9. The van der Waals surface area contributed by atoms with E-state index in [1.54, 1.807) is 6.20 Å². The first-order valence-electron chi connectivity index (χ1n) is 9.70. The third-order valence-corrected chi connectivity index (χ3v) is 4.57. The van der Waals surface area contributed by atoms with Crippen molar-refractivity contribution in [3.05, 3.63) is 18.5 Å². The Hall–Kier alpha value is -2.09. The molecule has 1 atom stereocenters. The molecule has 0 bridgehead atoms. The van der Waals surface area contributed by atoms with Gasteiger partial charge in [0.25, 0.3) is 0 Å². The summed E-state index contributed by atoms with van der Waals surface area (Å²) in [7, 11) is 0. The van der Waals surface area contributed by atoms with Crippen molar-refractivity contribution in [1.82, 2.24) is 25.3 Å². The average molecular weight is 364 g/mol. The minimum Gasteiger partial charge on any atom is -0.369 e. The Morgan fingerprint density at radius 3 is 2.96 bits per heavy atom. The number of hydrogen-bond donors (Lipinski definition) is 3. The molecule has 1 aliphatic heterocycles. The van der Waals surface area contributed by atoms with Gasteiger partial charge in [0.05, 0.1) is 5.92 Å². The Labute approximate surface area is 156 Å². The van der Waals surface area contributed by atoms with Crippen LogP contribution in [0.2, 0.25) is 0 Å². The van der Waals surface area contributed by atoms with Gasteiger partial charge in [-0.3, -0.25) is 14.5 Å². The highest BCUT2D eigenvalue weighted by Gasteiger charge is 2.23. The first-order valence-corrected chi connectivity index (χ1v) is 9.70. The number of nitrogens with zero attached hydrogens (tertiary/aromatic N) is 4. The van der Waals surface area contributed by atoms with E-state index in [4.69, 9.17) is 5.73 Å². The maximum atomic E-state index is 11.3. The quantitative estimate of drug-likeness (QED) is 0.318. The number of aromatic nitrogens is 2. The SMILES string of the molecule is CCNC(=NCCCn1cccn1)NCCCN1CCCC(C(N)=O)C1. The highest BCUT2D eigenvalue weighted by Crippen LogP contribution is 2.15. The molecule has 8 nitrogen and oxygen atoms in total. The smallest absolute Gasteiger partial charge is 0.221 e. The number of piperidine rings is 1. The molecule has 1 saturated heterocycles. The number of aliphatic imine (C=N–C) groups is 1. The molecule has 4 N–H and O–H groups in total. The molecule has 26 heavy (non-hydrogen) atoms. The van der Waals surface area contributed by atoms with Gasteiger partial charge < -0.3 is 21.3 Å². The lowest BCUT2D eigenvalue weighted by atomic mass is 9.97. The zero-order valence-electron chi connectivity index (χ0n) is 15.9. The third-order valence-electron chi connectivity index (χ3n) is 4.57. The molecule has 0 aliphatic carbocycles. The van der Waals surface area contributed by atoms with Crippen LogP contribution in [0.1, 0.15) is 32.6 Å². The lowest BCUT2D eigenvalue weighted by Crippen LogP contribution is -2.43. The second kappa shape index (κ2) is 11.5. The number of nitrogens with two attached hydrogens (primary N) is 1. The molecule has 1 aliphatic rings. The molecule has 0 spiro atoms. The van der Waals surface area contributed by atoms with Crippen molar-refractivity contribution in [2.75, 3.05) is 39.3 Å². The van der Waals surface area contributed by atoms with Gasteiger partial charge in [-0.05, 0) is 51.8 Å². The molecule has 2 rings (SSSR count). The van der Waals surface area contributed by atoms with Crippen LogP contribution in [0.4, 0.5) is 0 Å². The highest BCUT2D eigenvalue weighted by molar-refractivity contribution is 5.79. The summed E-state index contributed by atoms with van der Waals surface area (Å²) in [6.07, 6.45) is 7.73. The fraction of sp³-hybridized carbons (Fsp3) is 0.722. The van der Waals surface area contributed by atoms with Crippen LogP contribution in [0.25, 0.3) is 0 Å². The maximum absolute atomic E-state index is 11.3. The van der Waals surface area contributed by atoms with E-state index in [1.165, 1.54) is 0 Å². The Kier molecular flexibility index (Phi) is 8.95. The Bertz CT molecular complexity index is 544. The number of likely N-dealkylation sites (tertiary alicyclic amines) is 1. The third kappa shape index (κ3) is 7.43. The van der Waals surface area contributed by atoms with Crippen LogP contribution in [0.5, 0.6) is 0 Å². The van der Waals surface area contributed by atoms with Crippen molar-refractivity contribution in [2.45, 2.75) is 39.2 Å². The molecule has 0 aromatic carbocycles. The molecule has 0 radical (unpaired) electrons. The number of amides is 1. The van der Waals surface area contributed by atoms with Gasteiger partial charge in [-0.2, -0.15) is 5.10 Å². The van der Waals surface area contributed by atoms with Crippen LogP contribution < -0.4 is 16.4 Å². The second-order valence-electron chi connectivity index (χ2n) is 6.71. The van der Waals surface area contributed by atoms with Crippen molar-refractivity contribution in [2.24, 2.45) is 16.6 Å². The standard InChI is InChI=1S/C18H33N7O/c1-2-20-18(22-9-5-13-25-14-6-10-23-25)21-8-4-12-24-11-3-7-16(15-24)17(19)26/h6,10,14,16H,2-5,7-9,11-13,15H2,1H3,(H2,19,26)(H2,20,21,22). The van der Waals surface area contributed by atoms with Crippen LogP contribution in [-0.2, 0) is 11.3 Å². The number of rotatable bonds is 10. The number of carbonyl (C=O) groups is 1. The predicted molar refractivity (Wildman–Crippen MR) is 104 cm³/mol. The molecule has 1 unspecified atom stereocenters. The van der Waals surface area contributed by atoms with Crippen LogP contribution >= 0.6 is 0 Å². The fourth-order valence-electron chi connectivity index (χ4n) is 3.20. The number of guanidine groups is 1. The fourth-order valence-corrected chi connectivity index (χ4v) is 3.20. The summed E-state index contributed by atoms with van der Waals surface area (Å²) in [5.41, 5.74) is 5.44. The van der Waals surface area contributed by atoms with Gasteiger partial charge in [-0.15, -0.1) is 0 Å². The van der Waals surface area contributed by atoms with E-state index < -0.39 is 0 Å². The summed E-state index contributed by atoms with van der Waals surface area (Å²) in [6, 6.07) is 1.93. The Morgan fingerprint density at radius 2 is 2.23 bits per heavy atom. The van der Waals surface area contributed by atoms with Gasteiger partial charge >= 0.3 is 0 Å². The second-order valence-corrected chi connectivity index (χ2v) is 6.71. The predicted octanol–water partition coefficient (Wildman–Crippen LogP) is 0.416. The molecule has 1 amide bonds. The largest absolute Gasteiger partial charge is 0.369 e. The average Bonchev–Trinajstić information content (AvgIpc) is 3.16. The summed E-state index contributed by atoms with van der Waals surface area (Å²) in [5.74, 6) is 0.719. The molecule has 2 heterocycles. The van der Waals surface area contributed by atoms with Gasteiger partial charge in [0.1, 0.15) is 0 Å². The maximum Gasteiger partial charge on any atom is 0.221 e. The lowest BCUT2D eigenvalue weighted by Gasteiger charge is -2.31. The minimum atomic E-state index is -0.162. The summed E-state index contributed by atoms with van der Waals surface area (Å²) >= 11 is 0. The highest BCUT2D eigenvalue weighted by atomic mass is 16.1. The van der Waals surface area contributed by atoms with Gasteiger partial charge in [-0.1, -0.05) is 0 Å². The zero-order chi connectivity index (χ0) is 18.6. The van der Waals surface area contributed by atoms with E-state index in [2.05, 4.69) is 32.5 Å². The molecular formula is C18H33N7O. The van der Waals surface area contributed by atoms with E-state index in [1.807, 2.05) is 16.9 Å². The molecular weight excluding hydrogens is 330 g/mol. The number of primary amides is 1. The summed E-state index contributed by atoms with van der Waals surface area (Å²) in [6.45, 7) is 8.27. The molecule has 1 fully saturated rings. The van der Waals surface area contributed by atoms with Gasteiger partial charge in [-0.25, -0.2) is 0 Å². The van der Waals surface area contributed by atoms with Crippen molar-refractivity contribution in [3.63, 3.8) is 0 Å². The van der Waals surface area contributed by atoms with Crippen LogP contribution in [0, 0.1) is 5.92 Å². The van der Waals surface area contributed by atoms with E-state index >= 15 is 0 Å². The van der Waals surface area contributed by atoms with E-state index in [0.29, 0.717) is 0 Å².